The van der Waals surface area contributed by atoms with Crippen LogP contribution < -0.4 is 5.32 Å². The van der Waals surface area contributed by atoms with Crippen LogP contribution in [-0.2, 0) is 11.3 Å². The Kier molecular flexibility index (Phi) is 5.38. The zero-order valence-electron chi connectivity index (χ0n) is 12.0. The fourth-order valence-corrected chi connectivity index (χ4v) is 3.25. The predicted octanol–water partition coefficient (Wildman–Crippen LogP) is 2.79. The van der Waals surface area contributed by atoms with Gasteiger partial charge in [0.15, 0.2) is 0 Å². The first kappa shape index (κ1) is 15.6. The molecule has 0 spiro atoms. The van der Waals surface area contributed by atoms with Gasteiger partial charge in [-0.1, -0.05) is 6.92 Å². The highest BCUT2D eigenvalue weighted by atomic mass is 32.1. The maximum absolute atomic E-state index is 12.1. The van der Waals surface area contributed by atoms with Gasteiger partial charge in [0.1, 0.15) is 0 Å². The van der Waals surface area contributed by atoms with E-state index in [2.05, 4.69) is 12.2 Å². The van der Waals surface area contributed by atoms with Crippen LogP contribution in [0.3, 0.4) is 0 Å². The summed E-state index contributed by atoms with van der Waals surface area (Å²) in [7, 11) is 0. The van der Waals surface area contributed by atoms with Crippen molar-refractivity contribution in [2.75, 3.05) is 13.1 Å². The second-order valence-electron chi connectivity index (χ2n) is 5.32. The van der Waals surface area contributed by atoms with Crippen molar-refractivity contribution in [2.45, 2.75) is 26.3 Å². The predicted molar refractivity (Wildman–Crippen MR) is 83.2 cm³/mol. The van der Waals surface area contributed by atoms with E-state index in [4.69, 9.17) is 5.11 Å². The Bertz CT molecular complexity index is 539. The first-order valence-electron chi connectivity index (χ1n) is 7.06. The second kappa shape index (κ2) is 7.26. The lowest BCUT2D eigenvalue weighted by atomic mass is 10.0. The Hall–Kier alpha value is -1.82. The average molecular weight is 308 g/mol. The van der Waals surface area contributed by atoms with Crippen LogP contribution in [0.4, 0.5) is 4.79 Å². The molecule has 0 saturated carbocycles. The zero-order chi connectivity index (χ0) is 15.2. The Morgan fingerprint density at radius 1 is 1.57 bits per heavy atom. The molecule has 114 valence electrons. The summed E-state index contributed by atoms with van der Waals surface area (Å²) in [5, 5.41) is 13.5. The van der Waals surface area contributed by atoms with Gasteiger partial charge in [-0.05, 0) is 41.8 Å². The molecule has 1 aromatic rings. The van der Waals surface area contributed by atoms with E-state index < -0.39 is 5.97 Å². The van der Waals surface area contributed by atoms with Crippen molar-refractivity contribution in [3.63, 3.8) is 0 Å². The van der Waals surface area contributed by atoms with Crippen molar-refractivity contribution in [3.8, 4) is 0 Å². The van der Waals surface area contributed by atoms with Gasteiger partial charge in [-0.2, -0.15) is 0 Å². The normalized spacial score (nSPS) is 18.9. The van der Waals surface area contributed by atoms with Gasteiger partial charge in [0, 0.05) is 24.0 Å². The Balaban J connectivity index is 1.89. The van der Waals surface area contributed by atoms with Gasteiger partial charge in [-0.3, -0.25) is 0 Å². The van der Waals surface area contributed by atoms with E-state index in [-0.39, 0.29) is 6.03 Å². The molecule has 0 aromatic carbocycles. The number of nitrogens with one attached hydrogen (secondary N) is 1. The van der Waals surface area contributed by atoms with Crippen LogP contribution in [0.5, 0.6) is 0 Å². The summed E-state index contributed by atoms with van der Waals surface area (Å²) in [5.74, 6) is -0.418. The van der Waals surface area contributed by atoms with Gasteiger partial charge in [0.2, 0.25) is 0 Å². The van der Waals surface area contributed by atoms with E-state index in [1.807, 2.05) is 16.3 Å². The van der Waals surface area contributed by atoms with Gasteiger partial charge in [-0.25, -0.2) is 9.59 Å². The SMILES string of the molecule is CC1CCCN(C(=O)NCc2sccc2/C=C/C(=O)O)C1. The van der Waals surface area contributed by atoms with Crippen LogP contribution in [0.1, 0.15) is 30.2 Å². The first-order chi connectivity index (χ1) is 10.1. The van der Waals surface area contributed by atoms with Crippen LogP contribution in [0.15, 0.2) is 17.5 Å². The van der Waals surface area contributed by atoms with E-state index in [1.54, 1.807) is 6.08 Å². The molecule has 2 amide bonds. The molecule has 1 fully saturated rings. The third kappa shape index (κ3) is 4.60. The smallest absolute Gasteiger partial charge is 0.328 e. The number of likely N-dealkylation sites (tertiary alicyclic amines) is 1. The van der Waals surface area contributed by atoms with Crippen molar-refractivity contribution >= 4 is 29.4 Å². The monoisotopic (exact) mass is 308 g/mol. The molecule has 1 aromatic heterocycles. The number of urea groups is 1. The Morgan fingerprint density at radius 2 is 2.38 bits per heavy atom. The molecule has 1 atom stereocenters. The van der Waals surface area contributed by atoms with Crippen LogP contribution in [0, 0.1) is 5.92 Å². The molecule has 1 aliphatic heterocycles. The van der Waals surface area contributed by atoms with Gasteiger partial charge >= 0.3 is 12.0 Å². The molecule has 2 rings (SSSR count). The molecule has 1 saturated heterocycles. The third-order valence-electron chi connectivity index (χ3n) is 3.53. The van der Waals surface area contributed by atoms with Crippen LogP contribution in [0.25, 0.3) is 6.08 Å². The lowest BCUT2D eigenvalue weighted by Crippen LogP contribution is -2.44. The fourth-order valence-electron chi connectivity index (χ4n) is 2.45. The molecule has 21 heavy (non-hydrogen) atoms. The lowest BCUT2D eigenvalue weighted by Gasteiger charge is -2.30. The summed E-state index contributed by atoms with van der Waals surface area (Å²) >= 11 is 1.51. The summed E-state index contributed by atoms with van der Waals surface area (Å²) in [6.45, 7) is 4.21. The number of rotatable bonds is 4. The standard InChI is InChI=1S/C15H20N2O3S/c1-11-3-2-7-17(10-11)15(20)16-9-13-12(6-8-21-13)4-5-14(18)19/h4-6,8,11H,2-3,7,9-10H2,1H3,(H,16,20)(H,18,19)/b5-4+. The van der Waals surface area contributed by atoms with E-state index in [9.17, 15) is 9.59 Å². The van der Waals surface area contributed by atoms with E-state index >= 15 is 0 Å². The number of amides is 2. The highest BCUT2D eigenvalue weighted by Crippen LogP contribution is 2.19. The van der Waals surface area contributed by atoms with Gasteiger partial charge in [0.05, 0.1) is 6.54 Å². The number of hydrogen-bond donors (Lipinski definition) is 2. The number of carbonyl (C=O) groups is 2. The van der Waals surface area contributed by atoms with Crippen molar-refractivity contribution in [1.82, 2.24) is 10.2 Å². The molecule has 0 radical (unpaired) electrons. The topological polar surface area (TPSA) is 69.6 Å². The number of piperidine rings is 1. The van der Waals surface area contributed by atoms with Gasteiger partial charge < -0.3 is 15.3 Å². The van der Waals surface area contributed by atoms with E-state index in [0.717, 1.165) is 36.0 Å². The van der Waals surface area contributed by atoms with Crippen molar-refractivity contribution in [3.05, 3.63) is 28.0 Å². The largest absolute Gasteiger partial charge is 0.478 e. The van der Waals surface area contributed by atoms with Gasteiger partial charge in [-0.15, -0.1) is 11.3 Å². The zero-order valence-corrected chi connectivity index (χ0v) is 12.9. The molecule has 6 heteroatoms. The maximum Gasteiger partial charge on any atom is 0.328 e. The highest BCUT2D eigenvalue weighted by Gasteiger charge is 2.20. The van der Waals surface area contributed by atoms with Crippen molar-refractivity contribution in [1.29, 1.82) is 0 Å². The number of carboxylic acid groups (broad SMARTS) is 1. The van der Waals surface area contributed by atoms with Crippen molar-refractivity contribution in [2.24, 2.45) is 5.92 Å². The third-order valence-corrected chi connectivity index (χ3v) is 4.47. The lowest BCUT2D eigenvalue weighted by molar-refractivity contribution is -0.131. The number of carbonyl (C=O) groups excluding carboxylic acids is 1. The minimum Gasteiger partial charge on any atom is -0.478 e. The van der Waals surface area contributed by atoms with Gasteiger partial charge in [0.25, 0.3) is 0 Å². The molecule has 5 nitrogen and oxygen atoms in total. The summed E-state index contributed by atoms with van der Waals surface area (Å²) in [5.41, 5.74) is 0.842. The van der Waals surface area contributed by atoms with Crippen LogP contribution in [-0.4, -0.2) is 35.1 Å². The fraction of sp³-hybridized carbons (Fsp3) is 0.467. The quantitative estimate of drug-likeness (QED) is 0.840. The van der Waals surface area contributed by atoms with Crippen LogP contribution in [0.2, 0.25) is 0 Å². The number of carboxylic acids is 1. The summed E-state index contributed by atoms with van der Waals surface area (Å²) < 4.78 is 0. The van der Waals surface area contributed by atoms with Crippen molar-refractivity contribution < 1.29 is 14.7 Å². The number of aliphatic carboxylic acids is 1. The van der Waals surface area contributed by atoms with Crippen LogP contribution >= 0.6 is 11.3 Å². The molecule has 0 bridgehead atoms. The molecular formula is C15H20N2O3S. The highest BCUT2D eigenvalue weighted by molar-refractivity contribution is 7.10. The molecule has 1 aliphatic rings. The maximum atomic E-state index is 12.1. The number of nitrogens with zero attached hydrogens (tertiary/aromatic N) is 1. The molecule has 1 unspecified atom stereocenters. The Morgan fingerprint density at radius 3 is 3.10 bits per heavy atom. The molecular weight excluding hydrogens is 288 g/mol. The minimum absolute atomic E-state index is 0.0388. The van der Waals surface area contributed by atoms with E-state index in [1.165, 1.54) is 17.8 Å². The number of thiophene rings is 1. The number of hydrogen-bond acceptors (Lipinski definition) is 3. The average Bonchev–Trinajstić information content (AvgIpc) is 2.90. The Labute approximate surface area is 128 Å². The second-order valence-corrected chi connectivity index (χ2v) is 6.32. The minimum atomic E-state index is -0.974. The first-order valence-corrected chi connectivity index (χ1v) is 7.94. The summed E-state index contributed by atoms with van der Waals surface area (Å²) in [6, 6.07) is 1.82. The summed E-state index contributed by atoms with van der Waals surface area (Å²) in [4.78, 5) is 25.5. The molecule has 2 heterocycles. The summed E-state index contributed by atoms with van der Waals surface area (Å²) in [6.07, 6.45) is 4.90. The molecule has 0 aliphatic carbocycles. The molecule has 2 N–H and O–H groups in total. The van der Waals surface area contributed by atoms with E-state index in [0.29, 0.717) is 12.5 Å².